The summed E-state index contributed by atoms with van der Waals surface area (Å²) >= 11 is 13.7. The number of nitrogens with one attached hydrogen (secondary N) is 1. The average Bonchev–Trinajstić information content (AvgIpc) is 3.04. The van der Waals surface area contributed by atoms with E-state index in [9.17, 15) is 0 Å². The van der Waals surface area contributed by atoms with Gasteiger partial charge in [-0.25, -0.2) is 4.99 Å². The maximum Gasteiger partial charge on any atom is 0.118 e. The predicted molar refractivity (Wildman–Crippen MR) is 226 cm³/mol. The highest BCUT2D eigenvalue weighted by molar-refractivity contribution is 6.39. The van der Waals surface area contributed by atoms with Gasteiger partial charge in [0.05, 0.1) is 15.8 Å². The molecule has 0 spiro atoms. The lowest BCUT2D eigenvalue weighted by atomic mass is 9.82. The molecule has 0 radical (unpaired) electrons. The van der Waals surface area contributed by atoms with Crippen LogP contribution >= 0.6 is 23.2 Å². The Bertz CT molecular complexity index is 1890. The number of benzene rings is 4. The van der Waals surface area contributed by atoms with Crippen LogP contribution in [0.4, 0.5) is 5.69 Å². The first-order chi connectivity index (χ1) is 24.5. The predicted octanol–water partition coefficient (Wildman–Crippen LogP) is 13.5. The van der Waals surface area contributed by atoms with Crippen LogP contribution in [0.15, 0.2) is 113 Å². The molecule has 0 aliphatic heterocycles. The van der Waals surface area contributed by atoms with E-state index in [-0.39, 0.29) is 11.5 Å². The smallest absolute Gasteiger partial charge is 0.118 e. The summed E-state index contributed by atoms with van der Waals surface area (Å²) in [6.45, 7) is 26.4. The summed E-state index contributed by atoms with van der Waals surface area (Å²) < 4.78 is 7.59. The summed E-state index contributed by atoms with van der Waals surface area (Å²) in [5.74, 6) is 0. The maximum atomic E-state index is 7.59. The van der Waals surface area contributed by atoms with Gasteiger partial charge in [-0.05, 0) is 132 Å². The third-order valence-corrected chi connectivity index (χ3v) is 10.1. The Labute approximate surface area is 323 Å². The zero-order valence-electron chi connectivity index (χ0n) is 33.1. The van der Waals surface area contributed by atoms with Gasteiger partial charge in [0.1, 0.15) is 17.9 Å². The molecular weight excluding hydrogens is 679 g/mol. The van der Waals surface area contributed by atoms with Crippen molar-refractivity contribution in [3.8, 4) is 0 Å². The minimum atomic E-state index is -0.518. The molecule has 274 valence electrons. The summed E-state index contributed by atoms with van der Waals surface area (Å²) in [4.78, 5) is 5.33. The van der Waals surface area contributed by atoms with Crippen molar-refractivity contribution in [2.75, 3.05) is 6.54 Å². The number of ether oxygens (including phenoxy) is 1. The Morgan fingerprint density at radius 2 is 1.23 bits per heavy atom. The molecule has 0 heterocycles. The first-order valence-corrected chi connectivity index (χ1v) is 18.9. The summed E-state index contributed by atoms with van der Waals surface area (Å²) in [7, 11) is 0. The molecule has 4 rings (SSSR count). The number of allylic oxidation sites excluding steroid dienone is 5. The van der Waals surface area contributed by atoms with Gasteiger partial charge in [0.25, 0.3) is 0 Å². The molecule has 4 aromatic rings. The number of aliphatic imine (C=N–C) groups is 1. The van der Waals surface area contributed by atoms with Crippen LogP contribution in [0.3, 0.4) is 0 Å². The van der Waals surface area contributed by atoms with Crippen LogP contribution in [-0.4, -0.2) is 18.4 Å². The molecule has 0 aliphatic rings. The summed E-state index contributed by atoms with van der Waals surface area (Å²) in [6, 6.07) is 25.1. The third-order valence-electron chi connectivity index (χ3n) is 9.51. The highest BCUT2D eigenvalue weighted by Crippen LogP contribution is 2.39. The molecule has 0 saturated carbocycles. The van der Waals surface area contributed by atoms with Crippen LogP contribution in [0.25, 0.3) is 0 Å². The normalized spacial score (nSPS) is 13.4. The van der Waals surface area contributed by atoms with E-state index >= 15 is 0 Å². The van der Waals surface area contributed by atoms with E-state index in [0.29, 0.717) is 22.3 Å². The summed E-state index contributed by atoms with van der Waals surface area (Å²) in [5, 5.41) is 4.65. The molecule has 3 nitrogen and oxygen atoms in total. The van der Waals surface area contributed by atoms with Crippen LogP contribution in [0, 0.1) is 41.5 Å². The molecule has 52 heavy (non-hydrogen) atoms. The van der Waals surface area contributed by atoms with Gasteiger partial charge in [-0.1, -0.05) is 127 Å². The standard InChI is InChI=1S/C47H56Cl2N2O/c1-29(2)21-22-37(10)50-28-41(52-46(42-32(5)23-30(3)24-33(42)6)43-34(7)25-31(4)26-35(43)8)44(51-45-39(48)19-16-20-40(45)49)36(9)27-47(11,12)38-17-14-13-15-18-38/h13-27,41,46,50H,28H2,1-12H3/b36-27-,37-22-,51-44?. The van der Waals surface area contributed by atoms with Gasteiger partial charge in [0.15, 0.2) is 0 Å². The second kappa shape index (κ2) is 17.8. The Morgan fingerprint density at radius 1 is 0.731 bits per heavy atom. The average molecular weight is 736 g/mol. The molecule has 5 heteroatoms. The lowest BCUT2D eigenvalue weighted by Gasteiger charge is -2.32. The second-order valence-corrected chi connectivity index (χ2v) is 15.9. The van der Waals surface area contributed by atoms with Gasteiger partial charge in [0, 0.05) is 17.7 Å². The van der Waals surface area contributed by atoms with Crippen molar-refractivity contribution < 1.29 is 4.74 Å². The van der Waals surface area contributed by atoms with Gasteiger partial charge in [-0.15, -0.1) is 0 Å². The second-order valence-electron chi connectivity index (χ2n) is 15.1. The zero-order chi connectivity index (χ0) is 38.3. The van der Waals surface area contributed by atoms with Crippen molar-refractivity contribution >= 4 is 34.6 Å². The number of hydrogen-bond acceptors (Lipinski definition) is 3. The number of hydrogen-bond donors (Lipinski definition) is 1. The first-order valence-electron chi connectivity index (χ1n) is 18.1. The van der Waals surface area contributed by atoms with E-state index in [0.717, 1.165) is 17.0 Å². The molecule has 0 amide bonds. The van der Waals surface area contributed by atoms with Gasteiger partial charge >= 0.3 is 0 Å². The van der Waals surface area contributed by atoms with Crippen molar-refractivity contribution in [2.45, 2.75) is 101 Å². The first kappa shape index (κ1) is 40.9. The zero-order valence-corrected chi connectivity index (χ0v) is 34.6. The molecule has 1 atom stereocenters. The molecule has 0 aromatic heterocycles. The Hall–Kier alpha value is -3.89. The van der Waals surface area contributed by atoms with E-state index < -0.39 is 6.10 Å². The van der Waals surface area contributed by atoms with Crippen LogP contribution in [0.1, 0.15) is 97.7 Å². The van der Waals surface area contributed by atoms with Crippen LogP contribution in [0.5, 0.6) is 0 Å². The number of nitrogens with zero attached hydrogens (tertiary/aromatic N) is 1. The van der Waals surface area contributed by atoms with Gasteiger partial charge < -0.3 is 10.1 Å². The van der Waals surface area contributed by atoms with Gasteiger partial charge in [0.2, 0.25) is 0 Å². The van der Waals surface area contributed by atoms with Crippen LogP contribution in [0.2, 0.25) is 10.0 Å². The van der Waals surface area contributed by atoms with E-state index in [2.05, 4.69) is 155 Å². The Kier molecular flexibility index (Phi) is 14.0. The minimum absolute atomic E-state index is 0.304. The Balaban J connectivity index is 2.04. The van der Waals surface area contributed by atoms with E-state index in [1.165, 1.54) is 55.6 Å². The SMILES string of the molecule is CC(C)=C/C=C(/C)NCC(OC(c1c(C)cc(C)cc1C)c1c(C)cc(C)cc1C)C(=Nc1c(Cl)cccc1Cl)/C(C)=C\C(C)(C)c1ccccc1. The quantitative estimate of drug-likeness (QED) is 0.110. The monoisotopic (exact) mass is 734 g/mol. The fourth-order valence-electron chi connectivity index (χ4n) is 7.16. The topological polar surface area (TPSA) is 33.6 Å². The fraction of sp³-hybridized carbons (Fsp3) is 0.340. The van der Waals surface area contributed by atoms with Gasteiger partial charge in [-0.3, -0.25) is 0 Å². The number of para-hydroxylation sites is 1. The van der Waals surface area contributed by atoms with E-state index in [4.69, 9.17) is 32.9 Å². The van der Waals surface area contributed by atoms with Crippen LogP contribution in [-0.2, 0) is 10.2 Å². The number of aryl methyl sites for hydroxylation is 6. The largest absolute Gasteiger partial charge is 0.386 e. The molecule has 4 aromatic carbocycles. The summed E-state index contributed by atoms with van der Waals surface area (Å²) in [5.41, 5.74) is 15.0. The highest BCUT2D eigenvalue weighted by Gasteiger charge is 2.31. The molecular formula is C47H56Cl2N2O. The third kappa shape index (κ3) is 10.4. The number of halogens is 2. The maximum absolute atomic E-state index is 7.59. The van der Waals surface area contributed by atoms with Crippen molar-refractivity contribution in [3.05, 3.63) is 168 Å². The minimum Gasteiger partial charge on any atom is -0.386 e. The van der Waals surface area contributed by atoms with Crippen molar-refractivity contribution in [3.63, 3.8) is 0 Å². The number of rotatable bonds is 13. The lowest BCUT2D eigenvalue weighted by molar-refractivity contribution is 0.0475. The Morgan fingerprint density at radius 3 is 1.71 bits per heavy atom. The molecule has 0 aliphatic carbocycles. The molecule has 1 N–H and O–H groups in total. The molecule has 0 fully saturated rings. The van der Waals surface area contributed by atoms with Crippen LogP contribution < -0.4 is 5.32 Å². The van der Waals surface area contributed by atoms with Crippen molar-refractivity contribution in [2.24, 2.45) is 4.99 Å². The molecule has 1 unspecified atom stereocenters. The van der Waals surface area contributed by atoms with Crippen molar-refractivity contribution in [1.29, 1.82) is 0 Å². The molecule has 0 saturated heterocycles. The van der Waals surface area contributed by atoms with Crippen molar-refractivity contribution in [1.82, 2.24) is 5.32 Å². The van der Waals surface area contributed by atoms with E-state index in [1.54, 1.807) is 0 Å². The fourth-order valence-corrected chi connectivity index (χ4v) is 7.65. The van der Waals surface area contributed by atoms with Gasteiger partial charge in [-0.2, -0.15) is 0 Å². The molecule has 0 bridgehead atoms. The lowest BCUT2D eigenvalue weighted by Crippen LogP contribution is -2.38. The summed E-state index contributed by atoms with van der Waals surface area (Å²) in [6.07, 6.45) is 5.61. The highest BCUT2D eigenvalue weighted by atomic mass is 35.5. The van der Waals surface area contributed by atoms with E-state index in [1.807, 2.05) is 24.3 Å².